The second kappa shape index (κ2) is 6.48. The van der Waals surface area contributed by atoms with Crippen molar-refractivity contribution in [2.45, 2.75) is 20.4 Å². The molecule has 1 aromatic rings. The molecule has 14 heavy (non-hydrogen) atoms. The van der Waals surface area contributed by atoms with E-state index < -0.39 is 9.39 Å². The summed E-state index contributed by atoms with van der Waals surface area (Å²) in [5.74, 6) is 1.30. The maximum Gasteiger partial charge on any atom is 0.564 e. The number of aromatic nitrogens is 2. The maximum atomic E-state index is 4.99. The molecule has 0 atom stereocenters. The second-order valence-corrected chi connectivity index (χ2v) is 15.6. The monoisotopic (exact) mass is 292 g/mol. The molecule has 0 aliphatic rings. The fourth-order valence-corrected chi connectivity index (χ4v) is 0.933. The van der Waals surface area contributed by atoms with Crippen molar-refractivity contribution < 1.29 is 4.57 Å². The third kappa shape index (κ3) is 7.23. The van der Waals surface area contributed by atoms with E-state index in [-0.39, 0.29) is 0 Å². The minimum atomic E-state index is -2.94. The average Bonchev–Trinajstić information content (AvgIpc) is 2.30. The van der Waals surface area contributed by atoms with Gasteiger partial charge in [-0.05, 0) is 6.92 Å². The van der Waals surface area contributed by atoms with E-state index in [1.54, 1.807) is 0 Å². The van der Waals surface area contributed by atoms with E-state index in [4.69, 9.17) is 40.2 Å². The summed E-state index contributed by atoms with van der Waals surface area (Å²) in [6.07, 6.45) is 4.16. The van der Waals surface area contributed by atoms with Crippen LogP contribution in [0.1, 0.15) is 12.7 Å². The summed E-state index contributed by atoms with van der Waals surface area (Å²) in [4.78, 5) is 0. The van der Waals surface area contributed by atoms with Crippen LogP contribution in [0.5, 0.6) is 0 Å². The highest BCUT2D eigenvalue weighted by molar-refractivity contribution is 7.81. The number of halogens is 4. The van der Waals surface area contributed by atoms with Gasteiger partial charge < -0.3 is 40.2 Å². The third-order valence-electron chi connectivity index (χ3n) is 1.74. The number of rotatable bonds is 1. The van der Waals surface area contributed by atoms with Gasteiger partial charge in [-0.1, -0.05) is 0 Å². The zero-order chi connectivity index (χ0) is 11.4. The van der Waals surface area contributed by atoms with Crippen molar-refractivity contribution in [2.75, 3.05) is 0 Å². The largest absolute Gasteiger partial charge is 0.564 e. The van der Waals surface area contributed by atoms with E-state index in [9.17, 15) is 0 Å². The number of hydrogen-bond acceptors (Lipinski definition) is 0. The standard InChI is InChI=1S/C7H13N2.Al.4ClH/c1-4-9-6-5-8(3)7(9)2;;;;;/h5-6H,4H2,1-3H3;;4*1H/q+1;+3;;;;/p-4. The van der Waals surface area contributed by atoms with Gasteiger partial charge in [0.1, 0.15) is 12.4 Å². The highest BCUT2D eigenvalue weighted by atomic mass is 35.9. The van der Waals surface area contributed by atoms with Crippen molar-refractivity contribution in [3.8, 4) is 0 Å². The molecule has 0 spiro atoms. The molecule has 0 amide bonds. The number of hydrogen-bond donors (Lipinski definition) is 0. The minimum absolute atomic E-state index is 1.06. The van der Waals surface area contributed by atoms with Crippen molar-refractivity contribution >= 4 is 49.6 Å². The van der Waals surface area contributed by atoms with Crippen molar-refractivity contribution in [3.05, 3.63) is 18.2 Å². The predicted octanol–water partition coefficient (Wildman–Crippen LogP) is 3.02. The SMILES string of the molecule is CCn1cc[n+](C)c1C.[Cl][Al-]([Cl])([Cl])[Cl]. The quantitative estimate of drug-likeness (QED) is 0.556. The van der Waals surface area contributed by atoms with Gasteiger partial charge in [0.25, 0.3) is 5.82 Å². The van der Waals surface area contributed by atoms with Gasteiger partial charge in [0, 0.05) is 6.92 Å². The van der Waals surface area contributed by atoms with Gasteiger partial charge in [-0.3, -0.25) is 0 Å². The number of imidazole rings is 1. The Kier molecular flexibility index (Phi) is 6.89. The molecule has 82 valence electrons. The van der Waals surface area contributed by atoms with Crippen molar-refractivity contribution in [2.24, 2.45) is 7.05 Å². The van der Waals surface area contributed by atoms with Crippen LogP contribution < -0.4 is 4.57 Å². The first-order valence-corrected chi connectivity index (χ1v) is 11.1. The van der Waals surface area contributed by atoms with Crippen LogP contribution in [0.3, 0.4) is 0 Å². The van der Waals surface area contributed by atoms with Crippen LogP contribution in [0.15, 0.2) is 12.4 Å². The van der Waals surface area contributed by atoms with Crippen LogP contribution in [0.2, 0.25) is 0 Å². The van der Waals surface area contributed by atoms with E-state index in [2.05, 4.69) is 42.4 Å². The molecule has 0 aromatic carbocycles. The lowest BCUT2D eigenvalue weighted by Crippen LogP contribution is -2.29. The molecule has 0 unspecified atom stereocenters. The molecule has 0 N–H and O–H groups in total. The molecule has 0 saturated carbocycles. The number of aryl methyl sites for hydroxylation is 2. The van der Waals surface area contributed by atoms with Crippen LogP contribution in [-0.2, 0) is 13.6 Å². The smallest absolute Gasteiger partial charge is 0.391 e. The Labute approximate surface area is 104 Å². The molecule has 0 bridgehead atoms. The third-order valence-corrected chi connectivity index (χ3v) is 1.74. The molecule has 0 saturated heterocycles. The van der Waals surface area contributed by atoms with Crippen molar-refractivity contribution in [1.82, 2.24) is 4.57 Å². The van der Waals surface area contributed by atoms with Gasteiger partial charge in [-0.2, -0.15) is 0 Å². The van der Waals surface area contributed by atoms with E-state index >= 15 is 0 Å². The Hall–Kier alpha value is 0.902. The Morgan fingerprint density at radius 1 is 1.36 bits per heavy atom. The van der Waals surface area contributed by atoms with Gasteiger partial charge in [0.15, 0.2) is 0 Å². The van der Waals surface area contributed by atoms with Gasteiger partial charge in [-0.15, -0.1) is 0 Å². The van der Waals surface area contributed by atoms with Crippen LogP contribution in [0.4, 0.5) is 0 Å². The summed E-state index contributed by atoms with van der Waals surface area (Å²) in [6, 6.07) is 0. The van der Waals surface area contributed by atoms with Crippen LogP contribution in [0, 0.1) is 6.92 Å². The molecular formula is C7H13AlCl4N2. The zero-order valence-corrected chi connectivity index (χ0v) is 12.5. The lowest BCUT2D eigenvalue weighted by Gasteiger charge is -1.97. The van der Waals surface area contributed by atoms with E-state index in [1.165, 1.54) is 5.82 Å². The first-order chi connectivity index (χ1) is 6.25. The van der Waals surface area contributed by atoms with Crippen LogP contribution in [-0.4, -0.2) is 14.0 Å². The fourth-order valence-electron chi connectivity index (χ4n) is 0.933. The summed E-state index contributed by atoms with van der Waals surface area (Å²) >= 11 is 0. The maximum absolute atomic E-state index is 4.99. The highest BCUT2D eigenvalue weighted by Crippen LogP contribution is 2.23. The zero-order valence-electron chi connectivity index (χ0n) is 8.35. The highest BCUT2D eigenvalue weighted by Gasteiger charge is 2.14. The molecule has 2 nitrogen and oxygen atoms in total. The van der Waals surface area contributed by atoms with Gasteiger partial charge in [0.05, 0.1) is 13.6 Å². The Bertz CT molecular complexity index is 276. The summed E-state index contributed by atoms with van der Waals surface area (Å²) in [6.45, 7) is 5.32. The fraction of sp³-hybridized carbons (Fsp3) is 0.571. The summed E-state index contributed by atoms with van der Waals surface area (Å²) in [5, 5.41) is 0. The Morgan fingerprint density at radius 3 is 1.93 bits per heavy atom. The van der Waals surface area contributed by atoms with Crippen LogP contribution >= 0.6 is 40.2 Å². The summed E-state index contributed by atoms with van der Waals surface area (Å²) in [7, 11) is 19.1. The molecule has 0 fully saturated rings. The summed E-state index contributed by atoms with van der Waals surface area (Å²) in [5.41, 5.74) is 0. The normalized spacial score (nSPS) is 10.8. The molecular weight excluding hydrogens is 281 g/mol. The molecule has 1 rings (SSSR count). The van der Waals surface area contributed by atoms with Crippen molar-refractivity contribution in [1.29, 1.82) is 0 Å². The first-order valence-electron chi connectivity index (χ1n) is 4.14. The topological polar surface area (TPSA) is 8.81 Å². The molecule has 0 aliphatic heterocycles. The van der Waals surface area contributed by atoms with E-state index in [0.717, 1.165) is 6.54 Å². The Morgan fingerprint density at radius 2 is 1.79 bits per heavy atom. The van der Waals surface area contributed by atoms with Crippen molar-refractivity contribution in [3.63, 3.8) is 0 Å². The van der Waals surface area contributed by atoms with Gasteiger partial charge in [-0.25, -0.2) is 9.13 Å². The predicted molar refractivity (Wildman–Crippen MR) is 65.2 cm³/mol. The Balaban J connectivity index is 0.000000292. The molecule has 0 aliphatic carbocycles. The lowest BCUT2D eigenvalue weighted by atomic mass is 10.6. The van der Waals surface area contributed by atoms with Gasteiger partial charge in [0.2, 0.25) is 0 Å². The second-order valence-electron chi connectivity index (χ2n) is 2.74. The summed E-state index contributed by atoms with van der Waals surface area (Å²) < 4.78 is 4.32. The van der Waals surface area contributed by atoms with E-state index in [0.29, 0.717) is 0 Å². The lowest BCUT2D eigenvalue weighted by molar-refractivity contribution is -0.677. The van der Waals surface area contributed by atoms with E-state index in [1.807, 2.05) is 0 Å². The molecule has 7 heteroatoms. The minimum Gasteiger partial charge on any atom is -0.391 e. The molecule has 1 aromatic heterocycles. The van der Waals surface area contributed by atoms with Gasteiger partial charge >= 0.3 is 9.39 Å². The molecule has 0 radical (unpaired) electrons. The number of nitrogens with zero attached hydrogens (tertiary/aromatic N) is 2. The van der Waals surface area contributed by atoms with Crippen LogP contribution in [0.25, 0.3) is 0 Å². The first kappa shape index (κ1) is 14.9. The average molecular weight is 294 g/mol. The molecule has 1 heterocycles.